The second-order valence-corrected chi connectivity index (χ2v) is 33.2. The van der Waals surface area contributed by atoms with Crippen molar-refractivity contribution in [1.82, 2.24) is 29.7 Å². The first-order valence-electron chi connectivity index (χ1n) is 29.9. The summed E-state index contributed by atoms with van der Waals surface area (Å²) in [5.41, 5.74) is 7.79. The Kier molecular flexibility index (Phi) is 20.0. The summed E-state index contributed by atoms with van der Waals surface area (Å²) in [6.07, 6.45) is 8.78. The second kappa shape index (κ2) is 27.6. The minimum atomic E-state index is -4.53. The molecule has 1 aliphatic heterocycles. The van der Waals surface area contributed by atoms with Gasteiger partial charge < -0.3 is 33.9 Å². The van der Waals surface area contributed by atoms with Crippen LogP contribution in [0.3, 0.4) is 0 Å². The van der Waals surface area contributed by atoms with Gasteiger partial charge in [-0.25, -0.2) is 22.8 Å². The van der Waals surface area contributed by atoms with Crippen LogP contribution < -0.4 is 33.9 Å². The molecule has 0 radical (unpaired) electrons. The monoisotopic (exact) mass is 1260 g/mol. The minimum Gasteiger partial charge on any atom is -0.497 e. The Hall–Kier alpha value is -6.93. The highest BCUT2D eigenvalue weighted by molar-refractivity contribution is 7.90. The fraction of sp³-hybridized carbons (Fsp3) is 0.403. The van der Waals surface area contributed by atoms with E-state index in [-0.39, 0.29) is 69.6 Å². The zero-order valence-corrected chi connectivity index (χ0v) is 54.1. The molecule has 2 fully saturated rings. The number of benzene rings is 5. The summed E-state index contributed by atoms with van der Waals surface area (Å²) in [5.74, 6) is 1.08. The Morgan fingerprint density at radius 2 is 1.48 bits per heavy atom. The Morgan fingerprint density at radius 3 is 2.13 bits per heavy atom. The van der Waals surface area contributed by atoms with Gasteiger partial charge in [0.1, 0.15) is 39.6 Å². The predicted molar refractivity (Wildman–Crippen MR) is 346 cm³/mol. The van der Waals surface area contributed by atoms with Gasteiger partial charge in [0.25, 0.3) is 15.9 Å². The molecule has 0 spiro atoms. The van der Waals surface area contributed by atoms with Crippen LogP contribution in [0.25, 0.3) is 16.5 Å². The van der Waals surface area contributed by atoms with Crippen LogP contribution in [-0.4, -0.2) is 108 Å². The van der Waals surface area contributed by atoms with Crippen molar-refractivity contribution in [1.29, 1.82) is 0 Å². The molecule has 87 heavy (non-hydrogen) atoms. The van der Waals surface area contributed by atoms with Crippen LogP contribution in [0.1, 0.15) is 91.9 Å². The summed E-state index contributed by atoms with van der Waals surface area (Å²) in [6, 6.07) is 36.3. The van der Waals surface area contributed by atoms with Crippen molar-refractivity contribution in [2.45, 2.75) is 102 Å². The average molecular weight is 1260 g/mol. The Bertz CT molecular complexity index is 3640. The summed E-state index contributed by atoms with van der Waals surface area (Å²) in [4.78, 5) is 37.0. The number of pyridine rings is 1. The van der Waals surface area contributed by atoms with Crippen molar-refractivity contribution < 1.29 is 41.7 Å². The highest BCUT2D eigenvalue weighted by Crippen LogP contribution is 2.44. The van der Waals surface area contributed by atoms with Crippen molar-refractivity contribution in [2.24, 2.45) is 17.3 Å². The Labute approximate surface area is 522 Å². The normalized spacial score (nSPS) is 17.5. The molecule has 2 amide bonds. The molecule has 1 saturated heterocycles. The van der Waals surface area contributed by atoms with Gasteiger partial charge in [-0.2, -0.15) is 5.10 Å². The number of ether oxygens (including phenoxy) is 5. The molecule has 1 saturated carbocycles. The number of sulfonamides is 1. The van der Waals surface area contributed by atoms with E-state index in [1.807, 2.05) is 78.9 Å². The number of nitrogens with one attached hydrogen (secondary N) is 2. The minimum absolute atomic E-state index is 0.00225. The number of rotatable bonds is 23. The second-order valence-electron chi connectivity index (χ2n) is 25.1. The van der Waals surface area contributed by atoms with Crippen LogP contribution in [0.4, 0.5) is 5.69 Å². The number of carbonyl (C=O) groups is 2. The van der Waals surface area contributed by atoms with E-state index in [1.54, 1.807) is 43.3 Å². The molecule has 20 heteroatoms. The highest BCUT2D eigenvalue weighted by Gasteiger charge is 2.32. The van der Waals surface area contributed by atoms with Crippen LogP contribution in [0, 0.1) is 17.3 Å². The van der Waals surface area contributed by atoms with Gasteiger partial charge in [-0.15, -0.1) is 0 Å². The number of halogens is 2. The van der Waals surface area contributed by atoms with Crippen molar-refractivity contribution in [2.75, 3.05) is 65.1 Å². The topological polar surface area (TPSA) is 176 Å². The molecule has 2 N–H and O–H groups in total. The zero-order valence-electron chi connectivity index (χ0n) is 50.7. The maximum absolute atomic E-state index is 14.4. The SMILES string of the molecule is COc1ccc(C(NC(=O)[C@H]2CC[C@H](COc3ncc(S(=O)(=O)NC(=O)c4ccc(N5CCN(CC6=C(c7ccc(Cl)cc7)CC(C)(C)CC6)CC5)cc4Oc4cccc5c4cnn5COCC[Si](C)(C)C)cc3Cl)CC2)c2ccc(OC)cc2)cc1. The number of fused-ring (bicyclic) bond motifs is 1. The quantitative estimate of drug-likeness (QED) is 0.0458. The van der Waals surface area contributed by atoms with Gasteiger partial charge in [-0.3, -0.25) is 14.5 Å². The number of hydrogen-bond donors (Lipinski definition) is 2. The van der Waals surface area contributed by atoms with E-state index < -0.39 is 24.0 Å². The molecule has 3 heterocycles. The van der Waals surface area contributed by atoms with Gasteiger partial charge in [-0.1, -0.05) is 105 Å². The smallest absolute Gasteiger partial charge is 0.268 e. The van der Waals surface area contributed by atoms with E-state index in [1.165, 1.54) is 22.8 Å². The molecule has 7 aromatic rings. The molecule has 3 aliphatic rings. The van der Waals surface area contributed by atoms with Gasteiger partial charge in [-0.05, 0) is 151 Å². The first-order valence-corrected chi connectivity index (χ1v) is 35.9. The summed E-state index contributed by atoms with van der Waals surface area (Å²) in [6.45, 7) is 16.7. The first kappa shape index (κ1) is 63.1. The molecule has 5 aromatic carbocycles. The third kappa shape index (κ3) is 16.0. The fourth-order valence-electron chi connectivity index (χ4n) is 11.7. The van der Waals surface area contributed by atoms with Crippen LogP contribution in [0.15, 0.2) is 138 Å². The lowest BCUT2D eigenvalue weighted by atomic mass is 9.72. The van der Waals surface area contributed by atoms with Crippen molar-refractivity contribution in [3.05, 3.63) is 166 Å². The number of aromatic nitrogens is 3. The lowest BCUT2D eigenvalue weighted by Gasteiger charge is -2.39. The first-order chi connectivity index (χ1) is 41.7. The van der Waals surface area contributed by atoms with E-state index in [0.29, 0.717) is 30.6 Å². The largest absolute Gasteiger partial charge is 0.497 e. The van der Waals surface area contributed by atoms with Crippen LogP contribution in [0.5, 0.6) is 28.9 Å². The Balaban J connectivity index is 0.801. The molecule has 16 nitrogen and oxygen atoms in total. The zero-order chi connectivity index (χ0) is 61.5. The summed E-state index contributed by atoms with van der Waals surface area (Å²) in [7, 11) is -2.59. The molecule has 2 aliphatic carbocycles. The van der Waals surface area contributed by atoms with Gasteiger partial charge >= 0.3 is 0 Å². The van der Waals surface area contributed by atoms with Crippen LogP contribution in [-0.2, 0) is 26.3 Å². The number of allylic oxidation sites excluding steroid dienone is 1. The number of hydrogen-bond acceptors (Lipinski definition) is 13. The number of amides is 2. The number of methoxy groups -OCH3 is 2. The number of carbonyl (C=O) groups excluding carboxylic acids is 2. The third-order valence-corrected chi connectivity index (χ3v) is 20.5. The van der Waals surface area contributed by atoms with Gasteiger partial charge in [0.05, 0.1) is 55.7 Å². The molecular weight excluding hydrogens is 1180 g/mol. The van der Waals surface area contributed by atoms with E-state index >= 15 is 0 Å². The average Bonchev–Trinajstić information content (AvgIpc) is 3.31. The van der Waals surface area contributed by atoms with Crippen molar-refractivity contribution in [3.63, 3.8) is 0 Å². The standard InChI is InChI=1S/C67H79Cl2N7O9SSi/c1-67(2)30-29-50(57(39-67)46-15-21-51(68)22-16-46)42-74-31-33-75(34-32-74)52-23-28-56(62(37-52)85-61-10-8-9-60-58(61)41-71-76(60)44-83-35-36-87(5,6)7)65(78)73-86(79,80)55-38-59(69)66(70-40-55)84-43-45-11-13-49(14-12-45)64(77)72-63(47-17-24-53(81-3)25-18-47)48-19-26-54(82-4)27-20-48/h8-10,15-28,37-38,40-41,45,49,63H,11-14,29-36,39,42-44H2,1-7H3,(H,72,77)(H,73,78)/t45-,49-. The molecule has 0 bridgehead atoms. The summed E-state index contributed by atoms with van der Waals surface area (Å²) in [5, 5.41) is 9.32. The third-order valence-electron chi connectivity index (χ3n) is 17.0. The maximum Gasteiger partial charge on any atom is 0.268 e. The van der Waals surface area contributed by atoms with Gasteiger partial charge in [0.15, 0.2) is 0 Å². The molecular formula is C67H79Cl2N7O9SSi. The molecule has 460 valence electrons. The van der Waals surface area contributed by atoms with Crippen molar-refractivity contribution >= 4 is 75.3 Å². The lowest BCUT2D eigenvalue weighted by molar-refractivity contribution is -0.126. The maximum atomic E-state index is 14.4. The fourth-order valence-corrected chi connectivity index (χ4v) is 13.8. The van der Waals surface area contributed by atoms with Crippen LogP contribution >= 0.6 is 23.2 Å². The van der Waals surface area contributed by atoms with Crippen LogP contribution in [0.2, 0.25) is 35.7 Å². The summed E-state index contributed by atoms with van der Waals surface area (Å²) < 4.78 is 61.8. The molecule has 10 rings (SSSR count). The van der Waals surface area contributed by atoms with Crippen molar-refractivity contribution in [3.8, 4) is 28.9 Å². The Morgan fingerprint density at radius 1 is 0.805 bits per heavy atom. The number of piperazine rings is 1. The number of nitrogens with zero attached hydrogens (tertiary/aromatic N) is 5. The predicted octanol–water partition coefficient (Wildman–Crippen LogP) is 13.9. The van der Waals surface area contributed by atoms with E-state index in [2.05, 4.69) is 75.5 Å². The lowest BCUT2D eigenvalue weighted by Crippen LogP contribution is -2.47. The van der Waals surface area contributed by atoms with Gasteiger partial charge in [0, 0.05) is 70.1 Å². The molecule has 0 unspecified atom stereocenters. The molecule has 0 atom stereocenters. The summed E-state index contributed by atoms with van der Waals surface area (Å²) >= 11 is 13.0. The van der Waals surface area contributed by atoms with Gasteiger partial charge in [0.2, 0.25) is 11.8 Å². The number of anilines is 1. The van der Waals surface area contributed by atoms with E-state index in [0.717, 1.165) is 116 Å². The van der Waals surface area contributed by atoms with E-state index in [9.17, 15) is 18.0 Å². The highest BCUT2D eigenvalue weighted by atomic mass is 35.5. The van der Waals surface area contributed by atoms with E-state index in [4.69, 9.17) is 46.9 Å². The molecule has 2 aromatic heterocycles.